The minimum absolute atomic E-state index is 0.0867. The minimum Gasteiger partial charge on any atom is -0.347 e. The quantitative estimate of drug-likeness (QED) is 0.913. The molecule has 1 N–H and O–H groups in total. The van der Waals surface area contributed by atoms with E-state index in [-0.39, 0.29) is 23.8 Å². The largest absolute Gasteiger partial charge is 0.347 e. The summed E-state index contributed by atoms with van der Waals surface area (Å²) >= 11 is 0. The van der Waals surface area contributed by atoms with Crippen LogP contribution in [0.4, 0.5) is 0 Å². The van der Waals surface area contributed by atoms with Gasteiger partial charge in [-0.2, -0.15) is 0 Å². The maximum atomic E-state index is 12.6. The van der Waals surface area contributed by atoms with E-state index in [1.165, 1.54) is 0 Å². The van der Waals surface area contributed by atoms with Gasteiger partial charge in [0.05, 0.1) is 6.54 Å². The molecule has 7 nitrogen and oxygen atoms in total. The monoisotopic (exact) mass is 327 g/mol. The van der Waals surface area contributed by atoms with Crippen molar-refractivity contribution in [2.24, 2.45) is 5.92 Å². The van der Waals surface area contributed by atoms with Gasteiger partial charge in [0, 0.05) is 18.7 Å². The van der Waals surface area contributed by atoms with E-state index in [1.54, 1.807) is 4.90 Å². The number of aromatic nitrogens is 3. The third kappa shape index (κ3) is 2.86. The standard InChI is InChI=1S/C17H21N5O2/c23-16(13-5-1-3-9-21(13)17(24)12-7-8-12)18-11-15-20-19-14-6-2-4-10-22(14)15/h2,4,6,10,12-13H,1,3,5,7-9,11H2,(H,18,23)/t13-/m0/s1. The fourth-order valence-corrected chi connectivity index (χ4v) is 3.33. The van der Waals surface area contributed by atoms with Gasteiger partial charge in [-0.15, -0.1) is 10.2 Å². The molecule has 0 spiro atoms. The molecule has 0 radical (unpaired) electrons. The summed E-state index contributed by atoms with van der Waals surface area (Å²) in [5.41, 5.74) is 0.755. The second kappa shape index (κ2) is 6.22. The van der Waals surface area contributed by atoms with Crippen molar-refractivity contribution >= 4 is 17.5 Å². The van der Waals surface area contributed by atoms with Crippen LogP contribution in [0.15, 0.2) is 24.4 Å². The number of nitrogens with one attached hydrogen (secondary N) is 1. The number of fused-ring (bicyclic) bond motifs is 1. The van der Waals surface area contributed by atoms with E-state index in [9.17, 15) is 9.59 Å². The molecule has 2 aromatic rings. The fourth-order valence-electron chi connectivity index (χ4n) is 3.33. The zero-order valence-corrected chi connectivity index (χ0v) is 13.5. The Morgan fingerprint density at radius 3 is 2.88 bits per heavy atom. The highest BCUT2D eigenvalue weighted by molar-refractivity contribution is 5.89. The van der Waals surface area contributed by atoms with Gasteiger partial charge >= 0.3 is 0 Å². The predicted octanol–water partition coefficient (Wildman–Crippen LogP) is 1.14. The van der Waals surface area contributed by atoms with Crippen LogP contribution in [-0.2, 0) is 16.1 Å². The number of hydrogen-bond donors (Lipinski definition) is 1. The molecular formula is C17H21N5O2. The molecule has 0 unspecified atom stereocenters. The van der Waals surface area contributed by atoms with Crippen molar-refractivity contribution in [3.05, 3.63) is 30.2 Å². The highest BCUT2D eigenvalue weighted by Gasteiger charge is 2.39. The van der Waals surface area contributed by atoms with Crippen molar-refractivity contribution in [3.8, 4) is 0 Å². The van der Waals surface area contributed by atoms with Crippen LogP contribution < -0.4 is 5.32 Å². The first-order valence-corrected chi connectivity index (χ1v) is 8.61. The summed E-state index contributed by atoms with van der Waals surface area (Å²) in [4.78, 5) is 26.8. The first kappa shape index (κ1) is 15.1. The maximum absolute atomic E-state index is 12.6. The SMILES string of the molecule is O=C(NCc1nnc2ccccn12)[C@@H]1CCCCN1C(=O)C1CC1. The van der Waals surface area contributed by atoms with Crippen molar-refractivity contribution in [2.45, 2.75) is 44.7 Å². The van der Waals surface area contributed by atoms with Crippen molar-refractivity contribution in [2.75, 3.05) is 6.54 Å². The molecular weight excluding hydrogens is 306 g/mol. The molecule has 1 saturated carbocycles. The lowest BCUT2D eigenvalue weighted by atomic mass is 10.0. The highest BCUT2D eigenvalue weighted by atomic mass is 16.2. The summed E-state index contributed by atoms with van der Waals surface area (Å²) in [6.07, 6.45) is 6.52. The number of piperidine rings is 1. The molecule has 2 aliphatic rings. The number of likely N-dealkylation sites (tertiary alicyclic amines) is 1. The lowest BCUT2D eigenvalue weighted by Crippen LogP contribution is -2.52. The Kier molecular flexibility index (Phi) is 3.92. The van der Waals surface area contributed by atoms with Gasteiger partial charge in [0.2, 0.25) is 11.8 Å². The molecule has 1 aliphatic heterocycles. The lowest BCUT2D eigenvalue weighted by Gasteiger charge is -2.34. The minimum atomic E-state index is -0.342. The predicted molar refractivity (Wildman–Crippen MR) is 86.9 cm³/mol. The van der Waals surface area contributed by atoms with Crippen molar-refractivity contribution < 1.29 is 9.59 Å². The van der Waals surface area contributed by atoms with Gasteiger partial charge in [0.15, 0.2) is 11.5 Å². The molecule has 1 atom stereocenters. The van der Waals surface area contributed by atoms with E-state index in [0.717, 1.165) is 37.8 Å². The second-order valence-corrected chi connectivity index (χ2v) is 6.58. The molecule has 2 amide bonds. The van der Waals surface area contributed by atoms with Crippen LogP contribution >= 0.6 is 0 Å². The van der Waals surface area contributed by atoms with Crippen LogP contribution in [0, 0.1) is 5.92 Å². The zero-order chi connectivity index (χ0) is 16.5. The van der Waals surface area contributed by atoms with Crippen molar-refractivity contribution in [1.29, 1.82) is 0 Å². The summed E-state index contributed by atoms with van der Waals surface area (Å²) in [6, 6.07) is 5.33. The first-order chi connectivity index (χ1) is 11.7. The zero-order valence-electron chi connectivity index (χ0n) is 13.5. The van der Waals surface area contributed by atoms with Gasteiger partial charge in [0.1, 0.15) is 6.04 Å². The van der Waals surface area contributed by atoms with Crippen molar-refractivity contribution in [1.82, 2.24) is 24.8 Å². The van der Waals surface area contributed by atoms with E-state index in [1.807, 2.05) is 28.8 Å². The lowest BCUT2D eigenvalue weighted by molar-refractivity contribution is -0.143. The summed E-state index contributed by atoms with van der Waals surface area (Å²) in [7, 11) is 0. The van der Waals surface area contributed by atoms with E-state index < -0.39 is 0 Å². The van der Waals surface area contributed by atoms with Gasteiger partial charge in [-0.1, -0.05) is 6.07 Å². The maximum Gasteiger partial charge on any atom is 0.243 e. The smallest absolute Gasteiger partial charge is 0.243 e. The Hall–Kier alpha value is -2.44. The molecule has 1 saturated heterocycles. The third-order valence-electron chi connectivity index (χ3n) is 4.82. The number of rotatable bonds is 4. The first-order valence-electron chi connectivity index (χ1n) is 8.61. The van der Waals surface area contributed by atoms with Crippen LogP contribution in [-0.4, -0.2) is 43.9 Å². The average molecular weight is 327 g/mol. The molecule has 3 heterocycles. The topological polar surface area (TPSA) is 79.6 Å². The van der Waals surface area contributed by atoms with Crippen LogP contribution in [0.5, 0.6) is 0 Å². The second-order valence-electron chi connectivity index (χ2n) is 6.58. The van der Waals surface area contributed by atoms with E-state index in [2.05, 4.69) is 15.5 Å². The molecule has 0 bridgehead atoms. The highest BCUT2D eigenvalue weighted by Crippen LogP contribution is 2.33. The fraction of sp³-hybridized carbons (Fsp3) is 0.529. The number of carbonyl (C=O) groups excluding carboxylic acids is 2. The summed E-state index contributed by atoms with van der Waals surface area (Å²) < 4.78 is 1.86. The Labute approximate surface area is 140 Å². The summed E-state index contributed by atoms with van der Waals surface area (Å²) in [6.45, 7) is 1.01. The summed E-state index contributed by atoms with van der Waals surface area (Å²) in [5, 5.41) is 11.1. The van der Waals surface area contributed by atoms with Crippen LogP contribution in [0.25, 0.3) is 5.65 Å². The van der Waals surface area contributed by atoms with Gasteiger partial charge in [-0.25, -0.2) is 0 Å². The molecule has 0 aromatic carbocycles. The van der Waals surface area contributed by atoms with E-state index in [0.29, 0.717) is 18.9 Å². The number of pyridine rings is 1. The Balaban J connectivity index is 1.43. The van der Waals surface area contributed by atoms with E-state index in [4.69, 9.17) is 0 Å². The Morgan fingerprint density at radius 1 is 1.17 bits per heavy atom. The Bertz CT molecular complexity index is 767. The van der Waals surface area contributed by atoms with E-state index >= 15 is 0 Å². The number of carbonyl (C=O) groups is 2. The molecule has 7 heteroatoms. The molecule has 126 valence electrons. The summed E-state index contributed by atoms with van der Waals surface area (Å²) in [5.74, 6) is 0.910. The number of nitrogens with zero attached hydrogens (tertiary/aromatic N) is 4. The number of hydrogen-bond acceptors (Lipinski definition) is 4. The molecule has 2 aromatic heterocycles. The van der Waals surface area contributed by atoms with Gasteiger partial charge < -0.3 is 10.2 Å². The van der Waals surface area contributed by atoms with Crippen LogP contribution in [0.2, 0.25) is 0 Å². The third-order valence-corrected chi connectivity index (χ3v) is 4.82. The van der Waals surface area contributed by atoms with Gasteiger partial charge in [0.25, 0.3) is 0 Å². The molecule has 4 rings (SSSR count). The molecule has 2 fully saturated rings. The van der Waals surface area contributed by atoms with Crippen LogP contribution in [0.1, 0.15) is 37.9 Å². The van der Waals surface area contributed by atoms with Crippen molar-refractivity contribution in [3.63, 3.8) is 0 Å². The van der Waals surface area contributed by atoms with Gasteiger partial charge in [-0.05, 0) is 44.2 Å². The average Bonchev–Trinajstić information content (AvgIpc) is 3.40. The van der Waals surface area contributed by atoms with Crippen LogP contribution in [0.3, 0.4) is 0 Å². The normalized spacial score (nSPS) is 21.0. The molecule has 1 aliphatic carbocycles. The number of amides is 2. The molecule has 24 heavy (non-hydrogen) atoms. The van der Waals surface area contributed by atoms with Gasteiger partial charge in [-0.3, -0.25) is 14.0 Å². The Morgan fingerprint density at radius 2 is 2.04 bits per heavy atom.